The number of carbonyl (C=O) groups is 3. The Balaban J connectivity index is 1.43. The molecule has 0 aromatic rings. The Morgan fingerprint density at radius 3 is 2.21 bits per heavy atom. The number of amides is 1. The fourth-order valence-electron chi connectivity index (χ4n) is 12.4. The number of ketones is 1. The molecule has 43 heavy (non-hydrogen) atoms. The maximum Gasteiger partial charge on any atom is 0.302 e. The van der Waals surface area contributed by atoms with Crippen molar-refractivity contribution in [3.05, 3.63) is 11.6 Å². The van der Waals surface area contributed by atoms with E-state index in [0.717, 1.165) is 38.8 Å². The first-order chi connectivity index (χ1) is 20.0. The van der Waals surface area contributed by atoms with Crippen LogP contribution in [0.4, 0.5) is 0 Å². The highest BCUT2D eigenvalue weighted by Gasteiger charge is 2.72. The van der Waals surface area contributed by atoms with Gasteiger partial charge in [-0.15, -0.1) is 0 Å². The van der Waals surface area contributed by atoms with Gasteiger partial charge in [0, 0.05) is 39.0 Å². The Bertz CT molecular complexity index is 1220. The van der Waals surface area contributed by atoms with Gasteiger partial charge in [0.05, 0.1) is 5.41 Å². The van der Waals surface area contributed by atoms with Crippen LogP contribution >= 0.6 is 0 Å². The normalized spacial score (nSPS) is 50.0. The summed E-state index contributed by atoms with van der Waals surface area (Å²) in [6.45, 7) is 21.3. The van der Waals surface area contributed by atoms with E-state index in [1.807, 2.05) is 4.90 Å². The van der Waals surface area contributed by atoms with Gasteiger partial charge in [-0.25, -0.2) is 0 Å². The summed E-state index contributed by atoms with van der Waals surface area (Å²) in [5.41, 5.74) is 0.356. The molecular weight excluding hydrogens is 536 g/mol. The highest BCUT2D eigenvalue weighted by molar-refractivity contribution is 5.96. The van der Waals surface area contributed by atoms with E-state index in [2.05, 4.69) is 66.5 Å². The molecule has 0 radical (unpaired) electrons. The van der Waals surface area contributed by atoms with E-state index in [1.165, 1.54) is 31.8 Å². The zero-order valence-corrected chi connectivity index (χ0v) is 28.6. The minimum Gasteiger partial charge on any atom is -0.461 e. The number of hydrogen-bond acceptors (Lipinski definition) is 5. The van der Waals surface area contributed by atoms with Gasteiger partial charge in [0.2, 0.25) is 5.91 Å². The molecule has 5 fully saturated rings. The third kappa shape index (κ3) is 4.23. The molecule has 11 atom stereocenters. The molecule has 0 aromatic carbocycles. The van der Waals surface area contributed by atoms with Crippen molar-refractivity contribution in [3.8, 4) is 0 Å². The Labute approximate surface area is 260 Å². The van der Waals surface area contributed by atoms with Gasteiger partial charge in [-0.1, -0.05) is 47.1 Å². The van der Waals surface area contributed by atoms with Gasteiger partial charge in [0.25, 0.3) is 0 Å². The average Bonchev–Trinajstić information content (AvgIpc) is 2.94. The molecule has 4 saturated carbocycles. The van der Waals surface area contributed by atoms with Crippen LogP contribution < -0.4 is 0 Å². The van der Waals surface area contributed by atoms with Crippen LogP contribution in [0.2, 0.25) is 0 Å². The Morgan fingerprint density at radius 2 is 1.56 bits per heavy atom. The average molecular weight is 595 g/mol. The molecule has 6 nitrogen and oxygen atoms in total. The van der Waals surface area contributed by atoms with Gasteiger partial charge in [-0.2, -0.15) is 0 Å². The number of likely N-dealkylation sites (N-methyl/N-ethyl adjacent to an activating group) is 1. The first kappa shape index (κ1) is 31.3. The van der Waals surface area contributed by atoms with E-state index in [1.54, 1.807) is 0 Å². The number of allylic oxidation sites excluding steroid dienone is 2. The lowest BCUT2D eigenvalue weighted by molar-refractivity contribution is -0.218. The third-order valence-electron chi connectivity index (χ3n) is 15.3. The summed E-state index contributed by atoms with van der Waals surface area (Å²) in [4.78, 5) is 46.1. The molecule has 1 aliphatic heterocycles. The summed E-state index contributed by atoms with van der Waals surface area (Å²) >= 11 is 0. The summed E-state index contributed by atoms with van der Waals surface area (Å²) in [5.74, 6) is 1.67. The molecule has 6 aliphatic rings. The van der Waals surface area contributed by atoms with Crippen LogP contribution in [0.1, 0.15) is 107 Å². The summed E-state index contributed by atoms with van der Waals surface area (Å²) < 4.78 is 6.03. The minimum absolute atomic E-state index is 0.0201. The van der Waals surface area contributed by atoms with Crippen molar-refractivity contribution < 1.29 is 19.1 Å². The van der Waals surface area contributed by atoms with Crippen molar-refractivity contribution in [1.29, 1.82) is 0 Å². The minimum atomic E-state index is -0.848. The van der Waals surface area contributed by atoms with Crippen molar-refractivity contribution in [1.82, 2.24) is 9.80 Å². The number of nitrogens with zero attached hydrogens (tertiary/aromatic N) is 2. The van der Waals surface area contributed by atoms with Crippen LogP contribution in [-0.2, 0) is 19.1 Å². The van der Waals surface area contributed by atoms with Gasteiger partial charge in [-0.05, 0) is 117 Å². The van der Waals surface area contributed by atoms with Crippen molar-refractivity contribution in [2.45, 2.75) is 113 Å². The highest BCUT2D eigenvalue weighted by atomic mass is 16.5. The van der Waals surface area contributed by atoms with E-state index in [4.69, 9.17) is 4.74 Å². The fourth-order valence-corrected chi connectivity index (χ4v) is 12.4. The first-order valence-corrected chi connectivity index (χ1v) is 17.4. The Morgan fingerprint density at radius 1 is 0.884 bits per heavy atom. The predicted molar refractivity (Wildman–Crippen MR) is 169 cm³/mol. The van der Waals surface area contributed by atoms with E-state index >= 15 is 0 Å². The number of piperazine rings is 1. The molecule has 0 N–H and O–H groups in total. The molecular formula is C37H58N2O4. The third-order valence-corrected chi connectivity index (χ3v) is 15.3. The van der Waals surface area contributed by atoms with Crippen molar-refractivity contribution in [2.24, 2.45) is 56.7 Å². The maximum absolute atomic E-state index is 14.8. The predicted octanol–water partition coefficient (Wildman–Crippen LogP) is 6.53. The number of ether oxygens (including phenoxy) is 1. The lowest BCUT2D eigenvalue weighted by Gasteiger charge is -2.70. The van der Waals surface area contributed by atoms with Gasteiger partial charge in [0.1, 0.15) is 6.10 Å². The molecule has 0 unspecified atom stereocenters. The topological polar surface area (TPSA) is 66.9 Å². The Hall–Kier alpha value is -1.69. The van der Waals surface area contributed by atoms with Crippen molar-refractivity contribution >= 4 is 17.7 Å². The second kappa shape index (κ2) is 10.2. The lowest BCUT2D eigenvalue weighted by Crippen LogP contribution is -2.69. The number of fused-ring (bicyclic) bond motifs is 7. The molecule has 1 saturated heterocycles. The highest BCUT2D eigenvalue weighted by Crippen LogP contribution is 2.75. The number of esters is 1. The summed E-state index contributed by atoms with van der Waals surface area (Å²) in [7, 11) is 2.10. The molecule has 6 heteroatoms. The summed E-state index contributed by atoms with van der Waals surface area (Å²) in [6.07, 6.45) is 9.87. The van der Waals surface area contributed by atoms with Gasteiger partial charge < -0.3 is 14.5 Å². The zero-order chi connectivity index (χ0) is 31.3. The first-order valence-electron chi connectivity index (χ1n) is 17.4. The molecule has 0 aromatic heterocycles. The van der Waals surface area contributed by atoms with Crippen LogP contribution in [0.3, 0.4) is 0 Å². The van der Waals surface area contributed by atoms with Gasteiger partial charge in [0.15, 0.2) is 5.78 Å². The van der Waals surface area contributed by atoms with Gasteiger partial charge >= 0.3 is 5.97 Å². The molecule has 0 spiro atoms. The molecule has 1 amide bonds. The number of rotatable bonds is 2. The van der Waals surface area contributed by atoms with Crippen LogP contribution in [0, 0.1) is 56.7 Å². The Kier molecular flexibility index (Phi) is 7.39. The van der Waals surface area contributed by atoms with Crippen molar-refractivity contribution in [3.63, 3.8) is 0 Å². The smallest absolute Gasteiger partial charge is 0.302 e. The monoisotopic (exact) mass is 594 g/mol. The molecule has 1 heterocycles. The number of carbonyl (C=O) groups excluding carboxylic acids is 3. The molecule has 240 valence electrons. The molecule has 5 aliphatic carbocycles. The quantitative estimate of drug-likeness (QED) is 0.340. The van der Waals surface area contributed by atoms with E-state index in [9.17, 15) is 14.4 Å². The second-order valence-corrected chi connectivity index (χ2v) is 17.3. The SMILES string of the molecule is CC(=O)O[C@@H]1CC[C@@]2(C)[C@@H](CC[C@]3(C)[C@@H]2C(=O)C=C2[C@@H]4[C@@H](C)[C@H](C)CC[C@]4(C)CC[C@]23C)[C@@]1(C)C(=O)N1CCN(C)CC1. The maximum atomic E-state index is 14.8. The molecule has 0 bridgehead atoms. The second-order valence-electron chi connectivity index (χ2n) is 17.3. The van der Waals surface area contributed by atoms with Crippen molar-refractivity contribution in [2.75, 3.05) is 33.2 Å². The molecule has 6 rings (SSSR count). The van der Waals surface area contributed by atoms with E-state index in [-0.39, 0.29) is 45.4 Å². The fraction of sp³-hybridized carbons (Fsp3) is 0.865. The van der Waals surface area contributed by atoms with E-state index in [0.29, 0.717) is 43.0 Å². The number of hydrogen-bond donors (Lipinski definition) is 0. The summed E-state index contributed by atoms with van der Waals surface area (Å²) in [5, 5.41) is 0. The largest absolute Gasteiger partial charge is 0.461 e. The van der Waals surface area contributed by atoms with Crippen LogP contribution in [0.5, 0.6) is 0 Å². The standard InChI is InChI=1S/C37H58N2O4/c1-23-10-13-33(4)16-17-35(6)26(30(33)24(23)2)22-27(41)31-34(5)14-12-29(43-25(3)40)37(8,28(34)11-15-36(31,35)7)32(42)39-20-18-38(9)19-21-39/h22-24,28-31H,10-21H2,1-9H3/t23-,24+,28-,29-,30+,31-,33-,34+,35-,36-,37-/m1/s1. The van der Waals surface area contributed by atoms with Crippen LogP contribution in [-0.4, -0.2) is 66.8 Å². The zero-order valence-electron chi connectivity index (χ0n) is 28.6. The van der Waals surface area contributed by atoms with Crippen LogP contribution in [0.25, 0.3) is 0 Å². The van der Waals surface area contributed by atoms with E-state index < -0.39 is 11.5 Å². The van der Waals surface area contributed by atoms with Crippen LogP contribution in [0.15, 0.2) is 11.6 Å². The van der Waals surface area contributed by atoms with Gasteiger partial charge in [-0.3, -0.25) is 14.4 Å². The summed E-state index contributed by atoms with van der Waals surface area (Å²) in [6, 6.07) is 0. The lowest BCUT2D eigenvalue weighted by atomic mass is 9.33.